The number of likely N-dealkylation sites (tertiary alicyclic amines) is 1. The topological polar surface area (TPSA) is 109 Å². The third-order valence-corrected chi connectivity index (χ3v) is 5.35. The van der Waals surface area contributed by atoms with Crippen LogP contribution in [0.25, 0.3) is 0 Å². The van der Waals surface area contributed by atoms with Gasteiger partial charge in [0.15, 0.2) is 5.96 Å². The van der Waals surface area contributed by atoms with E-state index in [9.17, 15) is 9.59 Å². The summed E-state index contributed by atoms with van der Waals surface area (Å²) < 4.78 is 5.91. The molecule has 1 atom stereocenters. The fraction of sp³-hybridized carbons (Fsp3) is 0.375. The maximum Gasteiger partial charge on any atom is 0.251 e. The molecular formula is C24H32IN5O3. The number of rotatable bonds is 9. The summed E-state index contributed by atoms with van der Waals surface area (Å²) in [7, 11) is 1.79. The molecule has 2 aromatic rings. The van der Waals surface area contributed by atoms with Crippen molar-refractivity contribution in [3.8, 4) is 0 Å². The molecule has 0 bridgehead atoms. The molecule has 178 valence electrons. The van der Waals surface area contributed by atoms with E-state index in [1.807, 2.05) is 30.3 Å². The molecule has 1 fully saturated rings. The number of halogens is 1. The lowest BCUT2D eigenvalue weighted by Gasteiger charge is -2.22. The summed E-state index contributed by atoms with van der Waals surface area (Å²) in [6, 6.07) is 17.4. The molecule has 1 heterocycles. The van der Waals surface area contributed by atoms with Gasteiger partial charge in [-0.2, -0.15) is 0 Å². The van der Waals surface area contributed by atoms with Crippen LogP contribution < -0.4 is 16.4 Å². The fourth-order valence-electron chi connectivity index (χ4n) is 3.64. The van der Waals surface area contributed by atoms with Gasteiger partial charge in [-0.15, -0.1) is 24.0 Å². The van der Waals surface area contributed by atoms with Crippen LogP contribution in [0.1, 0.15) is 27.9 Å². The first-order valence-corrected chi connectivity index (χ1v) is 10.8. The van der Waals surface area contributed by atoms with Crippen LogP contribution in [0.15, 0.2) is 59.6 Å². The standard InChI is InChI=1S/C24H31N5O3.HI/c1-26-24(28-13-18-7-9-21(10-8-18)23(31)27-14-22(25)30)29-12-11-20(15-29)17-32-16-19-5-3-2-4-6-19;/h2-10,20H,11-17H2,1H3,(H2,25,30)(H,26,28)(H,27,31);1H. The summed E-state index contributed by atoms with van der Waals surface area (Å²) in [5, 5.41) is 5.87. The second-order valence-electron chi connectivity index (χ2n) is 7.85. The quantitative estimate of drug-likeness (QED) is 0.245. The summed E-state index contributed by atoms with van der Waals surface area (Å²) in [4.78, 5) is 29.4. The highest BCUT2D eigenvalue weighted by Crippen LogP contribution is 2.17. The van der Waals surface area contributed by atoms with Crippen LogP contribution in [0.5, 0.6) is 0 Å². The number of guanidine groups is 1. The zero-order chi connectivity index (χ0) is 22.8. The van der Waals surface area contributed by atoms with Gasteiger partial charge in [-0.1, -0.05) is 42.5 Å². The molecule has 1 aliphatic rings. The molecule has 0 saturated carbocycles. The number of nitrogens with zero attached hydrogens (tertiary/aromatic N) is 2. The summed E-state index contributed by atoms with van der Waals surface area (Å²) in [6.07, 6.45) is 1.07. The minimum atomic E-state index is -0.572. The van der Waals surface area contributed by atoms with Gasteiger partial charge >= 0.3 is 0 Å². The fourth-order valence-corrected chi connectivity index (χ4v) is 3.64. The smallest absolute Gasteiger partial charge is 0.251 e. The maximum absolute atomic E-state index is 12.0. The zero-order valence-corrected chi connectivity index (χ0v) is 21.2. The highest BCUT2D eigenvalue weighted by atomic mass is 127. The van der Waals surface area contributed by atoms with Gasteiger partial charge in [-0.05, 0) is 29.7 Å². The number of hydrogen-bond donors (Lipinski definition) is 3. The van der Waals surface area contributed by atoms with Gasteiger partial charge < -0.3 is 26.0 Å². The molecule has 4 N–H and O–H groups in total. The Morgan fingerprint density at radius 2 is 1.82 bits per heavy atom. The molecule has 1 aliphatic heterocycles. The second-order valence-corrected chi connectivity index (χ2v) is 7.85. The minimum Gasteiger partial charge on any atom is -0.376 e. The third kappa shape index (κ3) is 8.65. The lowest BCUT2D eigenvalue weighted by atomic mass is 10.1. The highest BCUT2D eigenvalue weighted by Gasteiger charge is 2.25. The first-order chi connectivity index (χ1) is 15.5. The van der Waals surface area contributed by atoms with Crippen molar-refractivity contribution in [2.24, 2.45) is 16.6 Å². The Bertz CT molecular complexity index is 921. The van der Waals surface area contributed by atoms with Crippen LogP contribution in [0.3, 0.4) is 0 Å². The molecule has 8 nitrogen and oxygen atoms in total. The number of aliphatic imine (C=N–C) groups is 1. The Morgan fingerprint density at radius 1 is 1.09 bits per heavy atom. The number of ether oxygens (including phenoxy) is 1. The minimum absolute atomic E-state index is 0. The summed E-state index contributed by atoms with van der Waals surface area (Å²) in [6.45, 7) is 3.65. The predicted octanol–water partition coefficient (Wildman–Crippen LogP) is 2.13. The van der Waals surface area contributed by atoms with Crippen molar-refractivity contribution in [3.63, 3.8) is 0 Å². The van der Waals surface area contributed by atoms with E-state index in [1.165, 1.54) is 5.56 Å². The first kappa shape index (κ1) is 26.6. The Morgan fingerprint density at radius 3 is 2.48 bits per heavy atom. The molecule has 0 radical (unpaired) electrons. The van der Waals surface area contributed by atoms with E-state index in [2.05, 4.69) is 32.7 Å². The van der Waals surface area contributed by atoms with E-state index in [0.29, 0.717) is 24.6 Å². The van der Waals surface area contributed by atoms with Gasteiger partial charge in [0.1, 0.15) is 0 Å². The number of carbonyl (C=O) groups excluding carboxylic acids is 2. The summed E-state index contributed by atoms with van der Waals surface area (Å²) in [5.74, 6) is 0.448. The van der Waals surface area contributed by atoms with E-state index in [4.69, 9.17) is 10.5 Å². The third-order valence-electron chi connectivity index (χ3n) is 5.35. The molecular weight excluding hydrogens is 533 g/mol. The van der Waals surface area contributed by atoms with Gasteiger partial charge in [0, 0.05) is 38.2 Å². The van der Waals surface area contributed by atoms with Gasteiger partial charge in [-0.25, -0.2) is 0 Å². The number of hydrogen-bond acceptors (Lipinski definition) is 4. The van der Waals surface area contributed by atoms with E-state index in [0.717, 1.165) is 37.6 Å². The largest absolute Gasteiger partial charge is 0.376 e. The van der Waals surface area contributed by atoms with E-state index in [-0.39, 0.29) is 36.4 Å². The number of amides is 2. The molecule has 1 saturated heterocycles. The van der Waals surface area contributed by atoms with Crippen molar-refractivity contribution < 1.29 is 14.3 Å². The van der Waals surface area contributed by atoms with E-state index < -0.39 is 5.91 Å². The van der Waals surface area contributed by atoms with Crippen molar-refractivity contribution in [1.82, 2.24) is 15.5 Å². The number of nitrogens with one attached hydrogen (secondary N) is 2. The van der Waals surface area contributed by atoms with Crippen LogP contribution in [0, 0.1) is 5.92 Å². The lowest BCUT2D eigenvalue weighted by molar-refractivity contribution is -0.117. The highest BCUT2D eigenvalue weighted by molar-refractivity contribution is 14.0. The van der Waals surface area contributed by atoms with Crippen LogP contribution in [0.4, 0.5) is 0 Å². The molecule has 33 heavy (non-hydrogen) atoms. The molecule has 2 aromatic carbocycles. The van der Waals surface area contributed by atoms with E-state index >= 15 is 0 Å². The van der Waals surface area contributed by atoms with Crippen LogP contribution in [-0.4, -0.2) is 56.0 Å². The molecule has 9 heteroatoms. The average Bonchev–Trinajstić information content (AvgIpc) is 3.27. The monoisotopic (exact) mass is 565 g/mol. The predicted molar refractivity (Wildman–Crippen MR) is 139 cm³/mol. The molecule has 0 aliphatic carbocycles. The van der Waals surface area contributed by atoms with Crippen molar-refractivity contribution in [1.29, 1.82) is 0 Å². The summed E-state index contributed by atoms with van der Waals surface area (Å²) in [5.41, 5.74) is 7.75. The SMILES string of the molecule is CN=C(NCc1ccc(C(=O)NCC(N)=O)cc1)N1CCC(COCc2ccccc2)C1.I. The normalized spacial score (nSPS) is 15.6. The maximum atomic E-state index is 12.0. The van der Waals surface area contributed by atoms with E-state index in [1.54, 1.807) is 19.2 Å². The molecule has 0 spiro atoms. The van der Waals surface area contributed by atoms with Crippen LogP contribution >= 0.6 is 24.0 Å². The number of benzene rings is 2. The van der Waals surface area contributed by atoms with Crippen molar-refractivity contribution >= 4 is 41.8 Å². The molecule has 1 unspecified atom stereocenters. The molecule has 2 amide bonds. The Balaban J connectivity index is 0.00000385. The molecule has 3 rings (SSSR count). The van der Waals surface area contributed by atoms with Crippen molar-refractivity contribution in [2.75, 3.05) is 33.3 Å². The second kappa shape index (κ2) is 13.8. The Hall–Kier alpha value is -2.66. The summed E-state index contributed by atoms with van der Waals surface area (Å²) >= 11 is 0. The van der Waals surface area contributed by atoms with Crippen molar-refractivity contribution in [3.05, 3.63) is 71.3 Å². The van der Waals surface area contributed by atoms with Gasteiger partial charge in [0.05, 0.1) is 19.8 Å². The van der Waals surface area contributed by atoms with Gasteiger partial charge in [-0.3, -0.25) is 14.6 Å². The molecule has 0 aromatic heterocycles. The Labute approximate surface area is 212 Å². The lowest BCUT2D eigenvalue weighted by Crippen LogP contribution is -2.39. The van der Waals surface area contributed by atoms with Gasteiger partial charge in [0.2, 0.25) is 5.91 Å². The van der Waals surface area contributed by atoms with Crippen LogP contribution in [0.2, 0.25) is 0 Å². The Kier molecular flexibility index (Phi) is 11.1. The van der Waals surface area contributed by atoms with Crippen molar-refractivity contribution in [2.45, 2.75) is 19.6 Å². The number of nitrogens with two attached hydrogens (primary N) is 1. The zero-order valence-electron chi connectivity index (χ0n) is 18.8. The average molecular weight is 565 g/mol. The number of primary amides is 1. The van der Waals surface area contributed by atoms with Crippen LogP contribution in [-0.2, 0) is 22.7 Å². The first-order valence-electron chi connectivity index (χ1n) is 10.8. The van der Waals surface area contributed by atoms with Gasteiger partial charge in [0.25, 0.3) is 5.91 Å². The number of carbonyl (C=O) groups is 2.